The van der Waals surface area contributed by atoms with Crippen LogP contribution in [0.4, 0.5) is 0 Å². The molecule has 0 aliphatic heterocycles. The van der Waals surface area contributed by atoms with Crippen molar-refractivity contribution in [3.8, 4) is 0 Å². The predicted molar refractivity (Wildman–Crippen MR) is 96.9 cm³/mol. The molecule has 3 heterocycles. The molecule has 3 aromatic rings. The van der Waals surface area contributed by atoms with Crippen LogP contribution in [0.25, 0.3) is 5.65 Å². The van der Waals surface area contributed by atoms with Gasteiger partial charge in [0, 0.05) is 6.20 Å². The Morgan fingerprint density at radius 3 is 2.72 bits per heavy atom. The third-order valence-electron chi connectivity index (χ3n) is 3.72. The average Bonchev–Trinajstić information content (AvgIpc) is 2.97. The number of hydrogen-bond acceptors (Lipinski definition) is 4. The molecule has 0 unspecified atom stereocenters. The van der Waals surface area contributed by atoms with Crippen LogP contribution in [0, 0.1) is 5.92 Å². The highest BCUT2D eigenvalue weighted by Gasteiger charge is 2.23. The lowest BCUT2D eigenvalue weighted by atomic mass is 10.0. The second kappa shape index (κ2) is 7.37. The summed E-state index contributed by atoms with van der Waals surface area (Å²) >= 11 is 11.8. The van der Waals surface area contributed by atoms with E-state index in [-0.39, 0.29) is 27.8 Å². The summed E-state index contributed by atoms with van der Waals surface area (Å²) in [6, 6.07) is 8.44. The molecule has 0 saturated carbocycles. The molecule has 1 atom stereocenters. The number of carbonyl (C=O) groups excluding carboxylic acids is 1. The highest BCUT2D eigenvalue weighted by molar-refractivity contribution is 6.34. The lowest BCUT2D eigenvalue weighted by Gasteiger charge is -2.19. The Hall–Kier alpha value is -2.18. The van der Waals surface area contributed by atoms with Gasteiger partial charge in [-0.05, 0) is 36.6 Å². The molecule has 3 rings (SSSR count). The molecule has 6 nitrogen and oxygen atoms in total. The van der Waals surface area contributed by atoms with Crippen LogP contribution in [0.5, 0.6) is 0 Å². The van der Waals surface area contributed by atoms with Crippen LogP contribution in [0.1, 0.15) is 42.5 Å². The lowest BCUT2D eigenvalue weighted by Crippen LogP contribution is -2.31. The maximum Gasteiger partial charge on any atom is 0.255 e. The van der Waals surface area contributed by atoms with Gasteiger partial charge in [0.1, 0.15) is 10.3 Å². The van der Waals surface area contributed by atoms with E-state index in [1.807, 2.05) is 28.8 Å². The second-order valence-electron chi connectivity index (χ2n) is 6.11. The maximum atomic E-state index is 12.7. The van der Waals surface area contributed by atoms with E-state index < -0.39 is 0 Å². The number of carbonyl (C=O) groups is 1. The first kappa shape index (κ1) is 17.6. The molecule has 0 fully saturated rings. The van der Waals surface area contributed by atoms with Gasteiger partial charge in [-0.2, -0.15) is 0 Å². The summed E-state index contributed by atoms with van der Waals surface area (Å²) < 4.78 is 1.87. The van der Waals surface area contributed by atoms with Gasteiger partial charge in [-0.1, -0.05) is 43.1 Å². The molecule has 0 aliphatic rings. The van der Waals surface area contributed by atoms with Gasteiger partial charge < -0.3 is 5.32 Å². The van der Waals surface area contributed by atoms with E-state index in [1.165, 1.54) is 6.07 Å². The molecule has 130 valence electrons. The van der Waals surface area contributed by atoms with Crippen LogP contribution < -0.4 is 5.32 Å². The van der Waals surface area contributed by atoms with Crippen LogP contribution in [0.2, 0.25) is 10.3 Å². The zero-order valence-electron chi connectivity index (χ0n) is 13.8. The standard InChI is InChI=1S/C17H17Cl2N5O/c1-10(2)9-12(16-23-22-14-5-3-4-8-24(14)16)20-17(25)11-6-7-13(18)21-15(11)19/h3-8,10,12H,9H2,1-2H3,(H,20,25)/t12-/m1/s1. The van der Waals surface area contributed by atoms with Crippen molar-refractivity contribution in [2.24, 2.45) is 5.92 Å². The van der Waals surface area contributed by atoms with E-state index in [2.05, 4.69) is 34.3 Å². The summed E-state index contributed by atoms with van der Waals surface area (Å²) in [5.41, 5.74) is 1.00. The molecule has 0 bridgehead atoms. The van der Waals surface area contributed by atoms with Crippen molar-refractivity contribution in [3.63, 3.8) is 0 Å². The van der Waals surface area contributed by atoms with Crippen molar-refractivity contribution in [2.45, 2.75) is 26.3 Å². The Balaban J connectivity index is 1.92. The third-order valence-corrected chi connectivity index (χ3v) is 4.22. The zero-order valence-corrected chi connectivity index (χ0v) is 15.3. The van der Waals surface area contributed by atoms with Crippen LogP contribution in [0.3, 0.4) is 0 Å². The third kappa shape index (κ3) is 3.91. The van der Waals surface area contributed by atoms with Gasteiger partial charge in [-0.15, -0.1) is 10.2 Å². The lowest BCUT2D eigenvalue weighted by molar-refractivity contribution is 0.0929. The van der Waals surface area contributed by atoms with Crippen molar-refractivity contribution in [1.82, 2.24) is 24.9 Å². The fourth-order valence-electron chi connectivity index (χ4n) is 2.62. The first-order valence-corrected chi connectivity index (χ1v) is 8.64. The van der Waals surface area contributed by atoms with E-state index in [4.69, 9.17) is 23.2 Å². The van der Waals surface area contributed by atoms with E-state index in [9.17, 15) is 4.79 Å². The second-order valence-corrected chi connectivity index (χ2v) is 6.86. The molecule has 0 aromatic carbocycles. The van der Waals surface area contributed by atoms with E-state index in [0.29, 0.717) is 18.2 Å². The number of amides is 1. The molecule has 0 radical (unpaired) electrons. The largest absolute Gasteiger partial charge is 0.342 e. The van der Waals surface area contributed by atoms with Crippen LogP contribution >= 0.6 is 23.2 Å². The molecule has 25 heavy (non-hydrogen) atoms. The fraction of sp³-hybridized carbons (Fsp3) is 0.294. The topological polar surface area (TPSA) is 72.2 Å². The average molecular weight is 378 g/mol. The first-order valence-electron chi connectivity index (χ1n) is 7.88. The predicted octanol–water partition coefficient (Wildman–Crippen LogP) is 3.95. The SMILES string of the molecule is CC(C)C[C@@H](NC(=O)c1ccc(Cl)nc1Cl)c1nnc2ccccn12. The highest BCUT2D eigenvalue weighted by Crippen LogP contribution is 2.23. The van der Waals surface area contributed by atoms with Crippen molar-refractivity contribution >= 4 is 34.8 Å². The Morgan fingerprint density at radius 2 is 2.00 bits per heavy atom. The quantitative estimate of drug-likeness (QED) is 0.683. The van der Waals surface area contributed by atoms with E-state index in [1.54, 1.807) is 6.07 Å². The van der Waals surface area contributed by atoms with Crippen LogP contribution in [-0.2, 0) is 0 Å². The normalized spacial score (nSPS) is 12.5. The molecular weight excluding hydrogens is 361 g/mol. The van der Waals surface area contributed by atoms with Crippen molar-refractivity contribution < 1.29 is 4.79 Å². The summed E-state index contributed by atoms with van der Waals surface area (Å²) in [5, 5.41) is 11.7. The van der Waals surface area contributed by atoms with Gasteiger partial charge in [-0.25, -0.2) is 4.98 Å². The Kier molecular flexibility index (Phi) is 5.20. The number of pyridine rings is 2. The number of nitrogens with zero attached hydrogens (tertiary/aromatic N) is 4. The summed E-state index contributed by atoms with van der Waals surface area (Å²) in [5.74, 6) is 0.698. The van der Waals surface area contributed by atoms with Crippen molar-refractivity contribution in [1.29, 1.82) is 0 Å². The number of rotatable bonds is 5. The maximum absolute atomic E-state index is 12.7. The van der Waals surface area contributed by atoms with Gasteiger partial charge in [0.15, 0.2) is 11.5 Å². The Bertz CT molecular complexity index is 909. The summed E-state index contributed by atoms with van der Waals surface area (Å²) in [7, 11) is 0. The molecule has 8 heteroatoms. The first-order chi connectivity index (χ1) is 12.0. The summed E-state index contributed by atoms with van der Waals surface area (Å²) in [6.45, 7) is 4.17. The van der Waals surface area contributed by atoms with Crippen molar-refractivity contribution in [3.05, 3.63) is 58.2 Å². The monoisotopic (exact) mass is 377 g/mol. The molecule has 0 saturated heterocycles. The molecule has 0 aliphatic carbocycles. The zero-order chi connectivity index (χ0) is 18.0. The molecule has 1 N–H and O–H groups in total. The Labute approximate surface area is 155 Å². The molecule has 0 spiro atoms. The number of fused-ring (bicyclic) bond motifs is 1. The Morgan fingerprint density at radius 1 is 1.20 bits per heavy atom. The number of aromatic nitrogens is 4. The number of nitrogens with one attached hydrogen (secondary N) is 1. The van der Waals surface area contributed by atoms with Crippen LogP contribution in [0.15, 0.2) is 36.5 Å². The van der Waals surface area contributed by atoms with Gasteiger partial charge >= 0.3 is 0 Å². The molecule has 1 amide bonds. The summed E-state index contributed by atoms with van der Waals surface area (Å²) in [4.78, 5) is 16.6. The molecular formula is C17H17Cl2N5O. The number of hydrogen-bond donors (Lipinski definition) is 1. The highest BCUT2D eigenvalue weighted by atomic mass is 35.5. The van der Waals surface area contributed by atoms with Gasteiger partial charge in [0.2, 0.25) is 0 Å². The minimum atomic E-state index is -0.326. The number of halogens is 2. The van der Waals surface area contributed by atoms with Gasteiger partial charge in [0.05, 0.1) is 11.6 Å². The van der Waals surface area contributed by atoms with Crippen LogP contribution in [-0.4, -0.2) is 25.5 Å². The van der Waals surface area contributed by atoms with Gasteiger partial charge in [-0.3, -0.25) is 9.20 Å². The smallest absolute Gasteiger partial charge is 0.255 e. The van der Waals surface area contributed by atoms with E-state index >= 15 is 0 Å². The minimum Gasteiger partial charge on any atom is -0.342 e. The van der Waals surface area contributed by atoms with Crippen molar-refractivity contribution in [2.75, 3.05) is 0 Å². The summed E-state index contributed by atoms with van der Waals surface area (Å²) in [6.07, 6.45) is 2.58. The van der Waals surface area contributed by atoms with Gasteiger partial charge in [0.25, 0.3) is 5.91 Å². The minimum absolute atomic E-state index is 0.0689. The van der Waals surface area contributed by atoms with E-state index in [0.717, 1.165) is 5.65 Å². The molecule has 3 aromatic heterocycles. The fourth-order valence-corrected chi connectivity index (χ4v) is 3.05.